The molecular weight excluding hydrogens is 436 g/mol. The third-order valence-electron chi connectivity index (χ3n) is 5.51. The monoisotopic (exact) mass is 472 g/mol. The quantitative estimate of drug-likeness (QED) is 0.270. The fourth-order valence-electron chi connectivity index (χ4n) is 4.18. The Morgan fingerprint density at radius 3 is 2.06 bits per heavy atom. The number of carbonyl (C=O) groups is 1. The molecule has 0 radical (unpaired) electrons. The van der Waals surface area contributed by atoms with Crippen LogP contribution in [0.3, 0.4) is 0 Å². The van der Waals surface area contributed by atoms with Gasteiger partial charge in [-0.05, 0) is 70.3 Å². The first-order valence-electron chi connectivity index (χ1n) is 11.9. The normalized spacial score (nSPS) is 11.9. The molecule has 0 bridgehead atoms. The fourth-order valence-corrected chi connectivity index (χ4v) is 4.18. The van der Waals surface area contributed by atoms with Crippen molar-refractivity contribution in [2.75, 3.05) is 6.61 Å². The van der Waals surface area contributed by atoms with Crippen molar-refractivity contribution in [3.05, 3.63) is 95.6 Å². The van der Waals surface area contributed by atoms with E-state index in [1.165, 1.54) is 5.56 Å². The van der Waals surface area contributed by atoms with Gasteiger partial charge in [0, 0.05) is 0 Å². The number of nitrogens with zero attached hydrogens (tertiary/aromatic N) is 1. The lowest BCUT2D eigenvalue weighted by atomic mass is 9.72. The Balaban J connectivity index is 1.41. The number of rotatable bonds is 10. The molecule has 0 aliphatic rings. The Labute approximate surface area is 209 Å². The van der Waals surface area contributed by atoms with E-state index in [2.05, 4.69) is 57.3 Å². The summed E-state index contributed by atoms with van der Waals surface area (Å²) in [5.41, 5.74) is 6.03. The van der Waals surface area contributed by atoms with Crippen molar-refractivity contribution in [1.82, 2.24) is 5.43 Å². The van der Waals surface area contributed by atoms with Crippen molar-refractivity contribution in [1.29, 1.82) is 0 Å². The van der Waals surface area contributed by atoms with E-state index in [1.807, 2.05) is 66.7 Å². The maximum atomic E-state index is 12.1. The summed E-state index contributed by atoms with van der Waals surface area (Å²) in [5, 5.41) is 4.01. The van der Waals surface area contributed by atoms with Gasteiger partial charge >= 0.3 is 0 Å². The van der Waals surface area contributed by atoms with Gasteiger partial charge in [0.05, 0.1) is 6.21 Å². The van der Waals surface area contributed by atoms with Crippen molar-refractivity contribution >= 4 is 12.1 Å². The van der Waals surface area contributed by atoms with Crippen molar-refractivity contribution < 1.29 is 14.3 Å². The lowest BCUT2D eigenvalue weighted by Gasteiger charge is -2.33. The molecule has 0 aliphatic carbocycles. The molecule has 0 unspecified atom stereocenters. The SMILES string of the molecule is CC(C)(C)CC(C)(C)c1ccc(OCC(=O)N/N=C/c2ccc(OCc3ccccc3)cc2)cc1. The third-order valence-corrected chi connectivity index (χ3v) is 5.51. The molecule has 5 heteroatoms. The maximum absolute atomic E-state index is 12.1. The van der Waals surface area contributed by atoms with Crippen LogP contribution in [0.15, 0.2) is 84.0 Å². The van der Waals surface area contributed by atoms with Gasteiger partial charge in [-0.1, -0.05) is 77.1 Å². The number of hydrogen-bond acceptors (Lipinski definition) is 4. The highest BCUT2D eigenvalue weighted by molar-refractivity contribution is 5.83. The van der Waals surface area contributed by atoms with Gasteiger partial charge in [0.15, 0.2) is 6.61 Å². The van der Waals surface area contributed by atoms with Crippen LogP contribution in [-0.4, -0.2) is 18.7 Å². The molecule has 0 saturated carbocycles. The predicted molar refractivity (Wildman–Crippen MR) is 142 cm³/mol. The number of carbonyl (C=O) groups excluding carboxylic acids is 1. The molecule has 1 amide bonds. The van der Waals surface area contributed by atoms with E-state index in [1.54, 1.807) is 6.21 Å². The van der Waals surface area contributed by atoms with E-state index in [9.17, 15) is 4.79 Å². The molecule has 35 heavy (non-hydrogen) atoms. The highest BCUT2D eigenvalue weighted by Crippen LogP contribution is 2.36. The average Bonchev–Trinajstić information content (AvgIpc) is 2.82. The molecule has 0 heterocycles. The molecule has 0 fully saturated rings. The molecule has 0 atom stereocenters. The maximum Gasteiger partial charge on any atom is 0.277 e. The summed E-state index contributed by atoms with van der Waals surface area (Å²) in [6.45, 7) is 11.7. The summed E-state index contributed by atoms with van der Waals surface area (Å²) in [6, 6.07) is 25.5. The molecule has 3 rings (SSSR count). The minimum atomic E-state index is -0.318. The molecule has 1 N–H and O–H groups in total. The van der Waals surface area contributed by atoms with Crippen LogP contribution in [0.25, 0.3) is 0 Å². The van der Waals surface area contributed by atoms with E-state index in [4.69, 9.17) is 9.47 Å². The second-order valence-electron chi connectivity index (χ2n) is 10.6. The highest BCUT2D eigenvalue weighted by atomic mass is 16.5. The van der Waals surface area contributed by atoms with Crippen LogP contribution in [-0.2, 0) is 16.8 Å². The lowest BCUT2D eigenvalue weighted by Crippen LogP contribution is -2.25. The van der Waals surface area contributed by atoms with Crippen molar-refractivity contribution in [2.45, 2.75) is 53.1 Å². The minimum absolute atomic E-state index is 0.0646. The van der Waals surface area contributed by atoms with E-state index in [0.29, 0.717) is 12.4 Å². The summed E-state index contributed by atoms with van der Waals surface area (Å²) in [7, 11) is 0. The van der Waals surface area contributed by atoms with Gasteiger partial charge in [-0.15, -0.1) is 0 Å². The summed E-state index contributed by atoms with van der Waals surface area (Å²) in [5.74, 6) is 1.11. The number of benzene rings is 3. The van der Waals surface area contributed by atoms with E-state index in [0.717, 1.165) is 23.3 Å². The van der Waals surface area contributed by atoms with Gasteiger partial charge in [0.25, 0.3) is 5.91 Å². The number of ether oxygens (including phenoxy) is 2. The molecule has 0 saturated heterocycles. The molecule has 184 valence electrons. The Hall–Kier alpha value is -3.60. The van der Waals surface area contributed by atoms with Gasteiger partial charge in [-0.2, -0.15) is 5.10 Å². The zero-order valence-corrected chi connectivity index (χ0v) is 21.4. The second kappa shape index (κ2) is 11.7. The molecule has 0 spiro atoms. The van der Waals surface area contributed by atoms with Crippen molar-refractivity contribution in [3.8, 4) is 11.5 Å². The second-order valence-corrected chi connectivity index (χ2v) is 10.6. The number of amides is 1. The molecule has 5 nitrogen and oxygen atoms in total. The Morgan fingerprint density at radius 1 is 0.829 bits per heavy atom. The van der Waals surface area contributed by atoms with E-state index in [-0.39, 0.29) is 23.3 Å². The standard InChI is InChI=1S/C30H36N2O3/c1-29(2,3)22-30(4,5)25-13-17-27(18-14-25)35-21-28(33)32-31-19-23-11-15-26(16-12-23)34-20-24-9-7-6-8-10-24/h6-19H,20-22H2,1-5H3,(H,32,33)/b31-19+. The van der Waals surface area contributed by atoms with Crippen LogP contribution in [0.1, 0.15) is 57.7 Å². The molecular formula is C30H36N2O3. The Bertz CT molecular complexity index is 1100. The fraction of sp³-hybridized carbons (Fsp3) is 0.333. The summed E-state index contributed by atoms with van der Waals surface area (Å²) in [4.78, 5) is 12.1. The van der Waals surface area contributed by atoms with Gasteiger partial charge in [0.2, 0.25) is 0 Å². The number of nitrogens with one attached hydrogen (secondary N) is 1. The first kappa shape index (κ1) is 26.0. The highest BCUT2D eigenvalue weighted by Gasteiger charge is 2.27. The van der Waals surface area contributed by atoms with Gasteiger partial charge in [-0.3, -0.25) is 4.79 Å². The first-order valence-corrected chi connectivity index (χ1v) is 11.9. The van der Waals surface area contributed by atoms with Crippen LogP contribution >= 0.6 is 0 Å². The smallest absolute Gasteiger partial charge is 0.277 e. The molecule has 0 aliphatic heterocycles. The van der Waals surface area contributed by atoms with Gasteiger partial charge in [-0.25, -0.2) is 5.43 Å². The van der Waals surface area contributed by atoms with Crippen LogP contribution in [0, 0.1) is 5.41 Å². The summed E-state index contributed by atoms with van der Waals surface area (Å²) < 4.78 is 11.4. The van der Waals surface area contributed by atoms with Crippen LogP contribution in [0.4, 0.5) is 0 Å². The van der Waals surface area contributed by atoms with Crippen molar-refractivity contribution in [3.63, 3.8) is 0 Å². The van der Waals surface area contributed by atoms with Crippen LogP contribution in [0.5, 0.6) is 11.5 Å². The summed E-state index contributed by atoms with van der Waals surface area (Å²) in [6.07, 6.45) is 2.66. The molecule has 3 aromatic rings. The summed E-state index contributed by atoms with van der Waals surface area (Å²) >= 11 is 0. The van der Waals surface area contributed by atoms with Gasteiger partial charge in [0.1, 0.15) is 18.1 Å². The molecule has 3 aromatic carbocycles. The third kappa shape index (κ3) is 8.93. The number of hydrazone groups is 1. The minimum Gasteiger partial charge on any atom is -0.489 e. The van der Waals surface area contributed by atoms with Crippen LogP contribution < -0.4 is 14.9 Å². The van der Waals surface area contributed by atoms with E-state index < -0.39 is 0 Å². The lowest BCUT2D eigenvalue weighted by molar-refractivity contribution is -0.123. The largest absolute Gasteiger partial charge is 0.489 e. The first-order chi connectivity index (χ1) is 16.6. The predicted octanol–water partition coefficient (Wildman–Crippen LogP) is 6.51. The Morgan fingerprint density at radius 2 is 1.43 bits per heavy atom. The Kier molecular flexibility index (Phi) is 8.69. The van der Waals surface area contributed by atoms with Crippen LogP contribution in [0.2, 0.25) is 0 Å². The zero-order chi connectivity index (χ0) is 25.3. The molecule has 0 aromatic heterocycles. The average molecular weight is 473 g/mol. The number of hydrogen-bond donors (Lipinski definition) is 1. The zero-order valence-electron chi connectivity index (χ0n) is 21.4. The van der Waals surface area contributed by atoms with Gasteiger partial charge < -0.3 is 9.47 Å². The van der Waals surface area contributed by atoms with E-state index >= 15 is 0 Å². The topological polar surface area (TPSA) is 59.9 Å². The van der Waals surface area contributed by atoms with Crippen molar-refractivity contribution in [2.24, 2.45) is 10.5 Å².